The summed E-state index contributed by atoms with van der Waals surface area (Å²) in [5.74, 6) is 1.78. The Bertz CT molecular complexity index is 562. The number of aryl methyl sites for hydroxylation is 1. The molecule has 1 atom stereocenters. The largest absolute Gasteiger partial charge is 0.384 e. The van der Waals surface area contributed by atoms with Gasteiger partial charge in [-0.2, -0.15) is 4.98 Å². The monoisotopic (exact) mass is 273 g/mol. The van der Waals surface area contributed by atoms with Crippen LogP contribution in [0.4, 0.5) is 5.69 Å². The maximum atomic E-state index is 5.51. The predicted octanol–water partition coefficient (Wildman–Crippen LogP) is 2.88. The first kappa shape index (κ1) is 13.1. The summed E-state index contributed by atoms with van der Waals surface area (Å²) in [5, 5.41) is 7.33. The van der Waals surface area contributed by atoms with Crippen molar-refractivity contribution in [2.24, 2.45) is 5.92 Å². The highest BCUT2D eigenvalue weighted by atomic mass is 16.5. The molecule has 5 heteroatoms. The summed E-state index contributed by atoms with van der Waals surface area (Å²) in [6, 6.07) is 8.02. The van der Waals surface area contributed by atoms with Crippen LogP contribution in [0.1, 0.15) is 18.7 Å². The van der Waals surface area contributed by atoms with E-state index in [4.69, 9.17) is 9.26 Å². The fourth-order valence-electron chi connectivity index (χ4n) is 2.45. The fourth-order valence-corrected chi connectivity index (χ4v) is 2.45. The third-order valence-corrected chi connectivity index (χ3v) is 3.52. The second-order valence-electron chi connectivity index (χ2n) is 5.16. The molecule has 1 unspecified atom stereocenters. The van der Waals surface area contributed by atoms with E-state index in [1.54, 1.807) is 0 Å². The van der Waals surface area contributed by atoms with Crippen molar-refractivity contribution in [3.05, 3.63) is 30.1 Å². The predicted molar refractivity (Wildman–Crippen MR) is 76.5 cm³/mol. The van der Waals surface area contributed by atoms with Crippen molar-refractivity contribution in [3.63, 3.8) is 0 Å². The highest BCUT2D eigenvalue weighted by Crippen LogP contribution is 2.27. The van der Waals surface area contributed by atoms with Crippen molar-refractivity contribution in [3.8, 4) is 11.5 Å². The van der Waals surface area contributed by atoms with E-state index in [-0.39, 0.29) is 0 Å². The zero-order valence-corrected chi connectivity index (χ0v) is 11.6. The lowest BCUT2D eigenvalue weighted by Crippen LogP contribution is -2.24. The number of ether oxygens (including phenoxy) is 1. The molecule has 1 N–H and O–H groups in total. The molecule has 0 saturated carbocycles. The molecule has 106 valence electrons. The number of benzene rings is 1. The molecule has 3 rings (SSSR count). The number of rotatable bonds is 4. The van der Waals surface area contributed by atoms with Crippen molar-refractivity contribution in [1.82, 2.24) is 10.1 Å². The molecule has 0 aliphatic carbocycles. The Morgan fingerprint density at radius 2 is 2.25 bits per heavy atom. The Morgan fingerprint density at radius 3 is 3.00 bits per heavy atom. The molecule has 0 radical (unpaired) electrons. The van der Waals surface area contributed by atoms with E-state index in [0.717, 1.165) is 37.4 Å². The molecular formula is C15H19N3O2. The van der Waals surface area contributed by atoms with Gasteiger partial charge >= 0.3 is 0 Å². The molecule has 2 heterocycles. The van der Waals surface area contributed by atoms with Crippen LogP contribution in [0, 0.1) is 12.8 Å². The molecule has 1 aromatic carbocycles. The highest BCUT2D eigenvalue weighted by Gasteiger charge is 2.15. The molecule has 20 heavy (non-hydrogen) atoms. The fraction of sp³-hybridized carbons (Fsp3) is 0.467. The van der Waals surface area contributed by atoms with Gasteiger partial charge in [-0.15, -0.1) is 0 Å². The lowest BCUT2D eigenvalue weighted by atomic mass is 10.0. The third kappa shape index (κ3) is 2.99. The van der Waals surface area contributed by atoms with Crippen LogP contribution in [-0.2, 0) is 4.74 Å². The van der Waals surface area contributed by atoms with Crippen LogP contribution in [0.5, 0.6) is 0 Å². The van der Waals surface area contributed by atoms with Gasteiger partial charge in [0.15, 0.2) is 5.82 Å². The zero-order chi connectivity index (χ0) is 13.8. The summed E-state index contributed by atoms with van der Waals surface area (Å²) in [6.45, 7) is 4.47. The first-order valence-corrected chi connectivity index (χ1v) is 7.04. The second-order valence-corrected chi connectivity index (χ2v) is 5.16. The van der Waals surface area contributed by atoms with Gasteiger partial charge in [-0.1, -0.05) is 17.3 Å². The van der Waals surface area contributed by atoms with Crippen LogP contribution >= 0.6 is 0 Å². The average molecular weight is 273 g/mol. The van der Waals surface area contributed by atoms with Crippen molar-refractivity contribution in [2.75, 3.05) is 25.1 Å². The highest BCUT2D eigenvalue weighted by molar-refractivity contribution is 5.72. The van der Waals surface area contributed by atoms with Gasteiger partial charge in [0.1, 0.15) is 0 Å². The van der Waals surface area contributed by atoms with E-state index < -0.39 is 0 Å². The first-order valence-electron chi connectivity index (χ1n) is 7.04. The Labute approximate surface area is 118 Å². The molecule has 1 aliphatic heterocycles. The van der Waals surface area contributed by atoms with Gasteiger partial charge in [0, 0.05) is 18.8 Å². The molecule has 1 fully saturated rings. The van der Waals surface area contributed by atoms with Crippen LogP contribution in [0.15, 0.2) is 28.8 Å². The summed E-state index contributed by atoms with van der Waals surface area (Å²) >= 11 is 0. The third-order valence-electron chi connectivity index (χ3n) is 3.52. The van der Waals surface area contributed by atoms with Gasteiger partial charge < -0.3 is 14.6 Å². The van der Waals surface area contributed by atoms with Gasteiger partial charge in [0.05, 0.1) is 12.2 Å². The van der Waals surface area contributed by atoms with Crippen molar-refractivity contribution < 1.29 is 9.26 Å². The summed E-state index contributed by atoms with van der Waals surface area (Å²) in [7, 11) is 0. The molecular weight excluding hydrogens is 254 g/mol. The number of nitrogens with zero attached hydrogens (tertiary/aromatic N) is 2. The van der Waals surface area contributed by atoms with Gasteiger partial charge in [-0.3, -0.25) is 0 Å². The molecule has 0 amide bonds. The van der Waals surface area contributed by atoms with E-state index in [1.807, 2.05) is 31.2 Å². The van der Waals surface area contributed by atoms with E-state index in [9.17, 15) is 0 Å². The van der Waals surface area contributed by atoms with Crippen LogP contribution in [0.2, 0.25) is 0 Å². The van der Waals surface area contributed by atoms with Gasteiger partial charge in [0.2, 0.25) is 0 Å². The number of hydrogen-bond donors (Lipinski definition) is 1. The first-order chi connectivity index (χ1) is 9.83. The minimum Gasteiger partial charge on any atom is -0.384 e. The number of aromatic nitrogens is 2. The summed E-state index contributed by atoms with van der Waals surface area (Å²) in [4.78, 5) is 4.29. The lowest BCUT2D eigenvalue weighted by molar-refractivity contribution is 0.0595. The topological polar surface area (TPSA) is 60.2 Å². The van der Waals surface area contributed by atoms with Crippen LogP contribution in [-0.4, -0.2) is 29.9 Å². The normalized spacial score (nSPS) is 18.9. The number of para-hydroxylation sites is 1. The summed E-state index contributed by atoms with van der Waals surface area (Å²) in [5.41, 5.74) is 1.98. The quantitative estimate of drug-likeness (QED) is 0.928. The van der Waals surface area contributed by atoms with Crippen molar-refractivity contribution in [2.45, 2.75) is 19.8 Å². The Kier molecular flexibility index (Phi) is 3.97. The van der Waals surface area contributed by atoms with Gasteiger partial charge in [-0.25, -0.2) is 0 Å². The lowest BCUT2D eigenvalue weighted by Gasteiger charge is -2.23. The summed E-state index contributed by atoms with van der Waals surface area (Å²) < 4.78 is 10.8. The van der Waals surface area contributed by atoms with E-state index in [1.165, 1.54) is 6.42 Å². The molecule has 0 spiro atoms. The molecule has 1 aliphatic rings. The summed E-state index contributed by atoms with van der Waals surface area (Å²) in [6.07, 6.45) is 2.37. The van der Waals surface area contributed by atoms with Crippen LogP contribution < -0.4 is 5.32 Å². The van der Waals surface area contributed by atoms with E-state index >= 15 is 0 Å². The standard InChI is InChI=1S/C15H19N3O2/c1-11-17-15(20-18-11)13-6-2-3-7-14(13)16-9-12-5-4-8-19-10-12/h2-3,6-7,12,16H,4-5,8-10H2,1H3. The number of nitrogens with one attached hydrogen (secondary N) is 1. The minimum atomic E-state index is 0.561. The number of hydrogen-bond acceptors (Lipinski definition) is 5. The Balaban J connectivity index is 1.72. The van der Waals surface area contributed by atoms with E-state index in [0.29, 0.717) is 17.6 Å². The number of anilines is 1. The van der Waals surface area contributed by atoms with Crippen molar-refractivity contribution in [1.29, 1.82) is 0 Å². The molecule has 1 aromatic heterocycles. The zero-order valence-electron chi connectivity index (χ0n) is 11.6. The Hall–Kier alpha value is -1.88. The van der Waals surface area contributed by atoms with Crippen LogP contribution in [0.3, 0.4) is 0 Å². The SMILES string of the molecule is Cc1noc(-c2ccccc2NCC2CCCOC2)n1. The average Bonchev–Trinajstić information content (AvgIpc) is 2.93. The van der Waals surface area contributed by atoms with Gasteiger partial charge in [0.25, 0.3) is 5.89 Å². The van der Waals surface area contributed by atoms with E-state index in [2.05, 4.69) is 15.5 Å². The Morgan fingerprint density at radius 1 is 1.35 bits per heavy atom. The van der Waals surface area contributed by atoms with Gasteiger partial charge in [-0.05, 0) is 37.8 Å². The maximum absolute atomic E-state index is 5.51. The van der Waals surface area contributed by atoms with Crippen molar-refractivity contribution >= 4 is 5.69 Å². The minimum absolute atomic E-state index is 0.561. The maximum Gasteiger partial charge on any atom is 0.260 e. The van der Waals surface area contributed by atoms with Crippen LogP contribution in [0.25, 0.3) is 11.5 Å². The molecule has 1 saturated heterocycles. The molecule has 0 bridgehead atoms. The molecule has 5 nitrogen and oxygen atoms in total. The second kappa shape index (κ2) is 6.05. The molecule has 2 aromatic rings. The smallest absolute Gasteiger partial charge is 0.260 e.